The van der Waals surface area contributed by atoms with Crippen LogP contribution in [-0.2, 0) is 19.6 Å². The second-order valence-electron chi connectivity index (χ2n) is 4.82. The van der Waals surface area contributed by atoms with Crippen molar-refractivity contribution < 1.29 is 22.7 Å². The zero-order chi connectivity index (χ0) is 16.8. The fourth-order valence-electron chi connectivity index (χ4n) is 1.78. The van der Waals surface area contributed by atoms with Crippen molar-refractivity contribution in [3.05, 3.63) is 24.3 Å². The number of nitrogens with one attached hydrogen (secondary N) is 2. The molecule has 0 aromatic heterocycles. The smallest absolute Gasteiger partial charge is 0.260 e. The SMILES string of the molecule is CNC(=O)[C@@H](C)Oc1ccc(S(=O)(=O)N[C@@H](C)COC)cc1. The Morgan fingerprint density at radius 3 is 2.32 bits per heavy atom. The quantitative estimate of drug-likeness (QED) is 0.724. The molecule has 0 aliphatic heterocycles. The van der Waals surface area contributed by atoms with Crippen LogP contribution in [0.1, 0.15) is 13.8 Å². The molecule has 0 aliphatic rings. The molecule has 7 nitrogen and oxygen atoms in total. The van der Waals surface area contributed by atoms with Crippen molar-refractivity contribution in [1.29, 1.82) is 0 Å². The molecule has 124 valence electrons. The van der Waals surface area contributed by atoms with Crippen LogP contribution in [0.5, 0.6) is 5.75 Å². The predicted octanol–water partition coefficient (Wildman–Crippen LogP) is 0.513. The molecule has 22 heavy (non-hydrogen) atoms. The van der Waals surface area contributed by atoms with E-state index in [0.29, 0.717) is 5.75 Å². The summed E-state index contributed by atoms with van der Waals surface area (Å²) in [5, 5.41) is 2.47. The summed E-state index contributed by atoms with van der Waals surface area (Å²) in [6.07, 6.45) is -0.660. The fraction of sp³-hybridized carbons (Fsp3) is 0.500. The molecule has 1 aromatic carbocycles. The topological polar surface area (TPSA) is 93.7 Å². The molecule has 1 rings (SSSR count). The molecule has 0 heterocycles. The predicted molar refractivity (Wildman–Crippen MR) is 82.3 cm³/mol. The van der Waals surface area contributed by atoms with Crippen molar-refractivity contribution in [3.8, 4) is 5.75 Å². The van der Waals surface area contributed by atoms with E-state index in [2.05, 4.69) is 10.0 Å². The van der Waals surface area contributed by atoms with Gasteiger partial charge in [0, 0.05) is 20.2 Å². The first-order valence-electron chi connectivity index (χ1n) is 6.79. The van der Waals surface area contributed by atoms with Gasteiger partial charge in [-0.05, 0) is 38.1 Å². The van der Waals surface area contributed by atoms with Crippen molar-refractivity contribution >= 4 is 15.9 Å². The van der Waals surface area contributed by atoms with Crippen LogP contribution in [0, 0.1) is 0 Å². The summed E-state index contributed by atoms with van der Waals surface area (Å²) in [5.41, 5.74) is 0. The maximum Gasteiger partial charge on any atom is 0.260 e. The second kappa shape index (κ2) is 8.11. The number of hydrogen-bond acceptors (Lipinski definition) is 5. The average Bonchev–Trinajstić information content (AvgIpc) is 2.46. The molecule has 0 radical (unpaired) electrons. The number of sulfonamides is 1. The number of carbonyl (C=O) groups is 1. The lowest BCUT2D eigenvalue weighted by atomic mass is 10.3. The van der Waals surface area contributed by atoms with E-state index in [1.807, 2.05) is 0 Å². The first kappa shape index (κ1) is 18.4. The van der Waals surface area contributed by atoms with Crippen LogP contribution in [0.3, 0.4) is 0 Å². The lowest BCUT2D eigenvalue weighted by molar-refractivity contribution is -0.126. The summed E-state index contributed by atoms with van der Waals surface area (Å²) >= 11 is 0. The van der Waals surface area contributed by atoms with Crippen molar-refractivity contribution in [2.24, 2.45) is 0 Å². The molecular weight excluding hydrogens is 308 g/mol. The number of methoxy groups -OCH3 is 1. The van der Waals surface area contributed by atoms with Crippen molar-refractivity contribution in [1.82, 2.24) is 10.0 Å². The van der Waals surface area contributed by atoms with Gasteiger partial charge in [-0.3, -0.25) is 4.79 Å². The Labute approximate surface area is 131 Å². The van der Waals surface area contributed by atoms with Gasteiger partial charge >= 0.3 is 0 Å². The number of likely N-dealkylation sites (N-methyl/N-ethyl adjacent to an activating group) is 1. The Morgan fingerprint density at radius 1 is 1.23 bits per heavy atom. The maximum absolute atomic E-state index is 12.1. The van der Waals surface area contributed by atoms with E-state index < -0.39 is 16.1 Å². The van der Waals surface area contributed by atoms with E-state index in [1.165, 1.54) is 38.4 Å². The van der Waals surface area contributed by atoms with E-state index >= 15 is 0 Å². The van der Waals surface area contributed by atoms with Crippen LogP contribution in [0.4, 0.5) is 0 Å². The minimum atomic E-state index is -3.61. The van der Waals surface area contributed by atoms with Gasteiger partial charge in [0.05, 0.1) is 11.5 Å². The zero-order valence-corrected chi connectivity index (χ0v) is 13.9. The van der Waals surface area contributed by atoms with Crippen LogP contribution in [-0.4, -0.2) is 47.2 Å². The lowest BCUT2D eigenvalue weighted by Gasteiger charge is -2.15. The molecule has 0 fully saturated rings. The molecule has 0 aliphatic carbocycles. The fourth-order valence-corrected chi connectivity index (χ4v) is 3.00. The molecule has 1 aromatic rings. The van der Waals surface area contributed by atoms with Gasteiger partial charge in [0.1, 0.15) is 5.75 Å². The van der Waals surface area contributed by atoms with Crippen molar-refractivity contribution in [3.63, 3.8) is 0 Å². The van der Waals surface area contributed by atoms with Gasteiger partial charge in [0.15, 0.2) is 6.10 Å². The summed E-state index contributed by atoms with van der Waals surface area (Å²) in [6, 6.07) is 5.53. The minimum absolute atomic E-state index is 0.121. The highest BCUT2D eigenvalue weighted by molar-refractivity contribution is 7.89. The average molecular weight is 330 g/mol. The summed E-state index contributed by atoms with van der Waals surface area (Å²) in [6.45, 7) is 3.60. The van der Waals surface area contributed by atoms with Crippen LogP contribution < -0.4 is 14.8 Å². The number of ether oxygens (including phenoxy) is 2. The van der Waals surface area contributed by atoms with Gasteiger partial charge in [-0.25, -0.2) is 13.1 Å². The molecule has 0 saturated heterocycles. The van der Waals surface area contributed by atoms with E-state index in [9.17, 15) is 13.2 Å². The highest BCUT2D eigenvalue weighted by Gasteiger charge is 2.18. The van der Waals surface area contributed by atoms with Crippen LogP contribution >= 0.6 is 0 Å². The second-order valence-corrected chi connectivity index (χ2v) is 6.54. The molecule has 0 saturated carbocycles. The first-order valence-corrected chi connectivity index (χ1v) is 8.28. The van der Waals surface area contributed by atoms with Gasteiger partial charge in [-0.1, -0.05) is 0 Å². The summed E-state index contributed by atoms with van der Waals surface area (Å²) in [7, 11) is -0.590. The molecular formula is C14H22N2O5S. The normalized spacial score (nSPS) is 14.2. The third kappa shape index (κ3) is 5.28. The summed E-state index contributed by atoms with van der Waals surface area (Å²) in [4.78, 5) is 11.5. The molecule has 0 unspecified atom stereocenters. The Hall–Kier alpha value is -1.64. The standard InChI is InChI=1S/C14H22N2O5S/c1-10(9-20-4)16-22(18,19)13-7-5-12(6-8-13)21-11(2)14(17)15-3/h5-8,10-11,16H,9H2,1-4H3,(H,15,17)/t10-,11+/m0/s1. The number of hydrogen-bond donors (Lipinski definition) is 2. The van der Waals surface area contributed by atoms with Gasteiger partial charge in [-0.2, -0.15) is 0 Å². The van der Waals surface area contributed by atoms with Crippen LogP contribution in [0.25, 0.3) is 0 Å². The van der Waals surface area contributed by atoms with Crippen molar-refractivity contribution in [2.45, 2.75) is 30.9 Å². The number of carbonyl (C=O) groups excluding carboxylic acids is 1. The van der Waals surface area contributed by atoms with E-state index in [0.717, 1.165) is 0 Å². The van der Waals surface area contributed by atoms with Gasteiger partial charge < -0.3 is 14.8 Å². The molecule has 1 amide bonds. The maximum atomic E-state index is 12.1. The van der Waals surface area contributed by atoms with Gasteiger partial charge in [-0.15, -0.1) is 0 Å². The Balaban J connectivity index is 2.77. The lowest BCUT2D eigenvalue weighted by Crippen LogP contribution is -2.35. The first-order chi connectivity index (χ1) is 10.3. The van der Waals surface area contributed by atoms with Crippen molar-refractivity contribution in [2.75, 3.05) is 20.8 Å². The third-order valence-corrected chi connectivity index (χ3v) is 4.44. The largest absolute Gasteiger partial charge is 0.481 e. The van der Waals surface area contributed by atoms with E-state index in [-0.39, 0.29) is 23.5 Å². The molecule has 2 atom stereocenters. The van der Waals surface area contributed by atoms with Gasteiger partial charge in [0.2, 0.25) is 10.0 Å². The highest BCUT2D eigenvalue weighted by atomic mass is 32.2. The number of benzene rings is 1. The monoisotopic (exact) mass is 330 g/mol. The summed E-state index contributed by atoms with van der Waals surface area (Å²) in [5.74, 6) is 0.159. The molecule has 0 bridgehead atoms. The van der Waals surface area contributed by atoms with Crippen LogP contribution in [0.2, 0.25) is 0 Å². The molecule has 0 spiro atoms. The third-order valence-electron chi connectivity index (χ3n) is 2.84. The zero-order valence-electron chi connectivity index (χ0n) is 13.1. The highest BCUT2D eigenvalue weighted by Crippen LogP contribution is 2.17. The Bertz CT molecular complexity index is 586. The van der Waals surface area contributed by atoms with E-state index in [1.54, 1.807) is 13.8 Å². The molecule has 2 N–H and O–H groups in total. The number of amides is 1. The number of rotatable bonds is 8. The van der Waals surface area contributed by atoms with Gasteiger partial charge in [0.25, 0.3) is 5.91 Å². The minimum Gasteiger partial charge on any atom is -0.481 e. The summed E-state index contributed by atoms with van der Waals surface area (Å²) < 4.78 is 37.1. The Morgan fingerprint density at radius 2 is 1.82 bits per heavy atom. The Kier molecular flexibility index (Phi) is 6.79. The van der Waals surface area contributed by atoms with E-state index in [4.69, 9.17) is 9.47 Å². The van der Waals surface area contributed by atoms with Crippen LogP contribution in [0.15, 0.2) is 29.2 Å². The molecule has 8 heteroatoms.